The third-order valence-corrected chi connectivity index (χ3v) is 8.98. The molecule has 0 saturated heterocycles. The first-order chi connectivity index (χ1) is 19.7. The fourth-order valence-electron chi connectivity index (χ4n) is 5.47. The highest BCUT2D eigenvalue weighted by Gasteiger charge is 2.45. The molecule has 2 unspecified atom stereocenters. The molecule has 2 atom stereocenters. The minimum Gasteiger partial charge on any atom is -0.487 e. The number of Topliss-reactive ketones (excluding diaryl/α,β-unsaturated/α-hetero) is 1. The molecule has 2 heterocycles. The average molecular weight is 564 g/mol. The summed E-state index contributed by atoms with van der Waals surface area (Å²) in [6.45, 7) is 2.51. The van der Waals surface area contributed by atoms with E-state index in [1.807, 2.05) is 89.6 Å². The summed E-state index contributed by atoms with van der Waals surface area (Å²) in [5.41, 5.74) is 2.68. The van der Waals surface area contributed by atoms with Gasteiger partial charge in [0, 0.05) is 29.1 Å². The largest absolute Gasteiger partial charge is 0.487 e. The number of benzene rings is 3. The van der Waals surface area contributed by atoms with Gasteiger partial charge in [-0.2, -0.15) is 0 Å². The first-order valence-electron chi connectivity index (χ1n) is 13.3. The van der Waals surface area contributed by atoms with Crippen LogP contribution in [0, 0.1) is 5.41 Å². The predicted molar refractivity (Wildman–Crippen MR) is 161 cm³/mol. The summed E-state index contributed by atoms with van der Waals surface area (Å²) in [5, 5.41) is 6.37. The third kappa shape index (κ3) is 5.19. The monoisotopic (exact) mass is 563 g/mol. The van der Waals surface area contributed by atoms with Gasteiger partial charge >= 0.3 is 0 Å². The number of aromatic nitrogens is 2. The number of nitrogens with two attached hydrogens (primary N) is 1. The van der Waals surface area contributed by atoms with Crippen LogP contribution >= 0.6 is 0 Å². The molecule has 5 aromatic rings. The van der Waals surface area contributed by atoms with E-state index in [9.17, 15) is 13.2 Å². The number of hydrogen-bond acceptors (Lipinski definition) is 5. The number of para-hydroxylation sites is 2. The number of primary sulfonamides is 1. The van der Waals surface area contributed by atoms with Crippen molar-refractivity contribution in [3.05, 3.63) is 132 Å². The minimum atomic E-state index is -4.00. The summed E-state index contributed by atoms with van der Waals surface area (Å²) in [5.74, 6) is 0.435. The summed E-state index contributed by atoms with van der Waals surface area (Å²) in [6.07, 6.45) is 8.35. The number of pyridine rings is 1. The van der Waals surface area contributed by atoms with E-state index in [0.29, 0.717) is 18.7 Å². The molecule has 0 aliphatic heterocycles. The molecule has 41 heavy (non-hydrogen) atoms. The molecule has 3 aromatic carbocycles. The van der Waals surface area contributed by atoms with Crippen molar-refractivity contribution in [3.63, 3.8) is 0 Å². The molecule has 0 fully saturated rings. The Morgan fingerprint density at radius 3 is 2.54 bits per heavy atom. The van der Waals surface area contributed by atoms with Gasteiger partial charge in [-0.1, -0.05) is 72.8 Å². The smallest absolute Gasteiger partial charge is 0.216 e. The topological polar surface area (TPSA) is 104 Å². The average Bonchev–Trinajstić information content (AvgIpc) is 3.39. The van der Waals surface area contributed by atoms with Gasteiger partial charge in [0.2, 0.25) is 10.0 Å². The molecule has 2 aromatic heterocycles. The first kappa shape index (κ1) is 26.7. The maximum Gasteiger partial charge on any atom is 0.216 e. The normalized spacial score (nSPS) is 18.6. The number of sulfonamides is 1. The van der Waals surface area contributed by atoms with E-state index in [2.05, 4.69) is 4.98 Å². The van der Waals surface area contributed by atoms with E-state index in [0.717, 1.165) is 38.8 Å². The number of ketones is 1. The molecule has 7 nitrogen and oxygen atoms in total. The van der Waals surface area contributed by atoms with Crippen LogP contribution in [0.4, 0.5) is 0 Å². The van der Waals surface area contributed by atoms with Gasteiger partial charge in [0.15, 0.2) is 5.78 Å². The fraction of sp³-hybridized carbons (Fsp3) is 0.152. The van der Waals surface area contributed by atoms with Crippen molar-refractivity contribution in [1.82, 2.24) is 9.55 Å². The van der Waals surface area contributed by atoms with Crippen molar-refractivity contribution < 1.29 is 17.9 Å². The maximum atomic E-state index is 14.0. The van der Waals surface area contributed by atoms with Crippen LogP contribution in [-0.2, 0) is 23.2 Å². The van der Waals surface area contributed by atoms with Gasteiger partial charge < -0.3 is 9.30 Å². The van der Waals surface area contributed by atoms with Crippen LogP contribution in [0.5, 0.6) is 5.75 Å². The van der Waals surface area contributed by atoms with Gasteiger partial charge in [-0.3, -0.25) is 4.79 Å². The van der Waals surface area contributed by atoms with Crippen molar-refractivity contribution in [2.24, 2.45) is 10.6 Å². The second-order valence-corrected chi connectivity index (χ2v) is 12.2. The summed E-state index contributed by atoms with van der Waals surface area (Å²) >= 11 is 0. The summed E-state index contributed by atoms with van der Waals surface area (Å²) in [6, 6.07) is 27.3. The van der Waals surface area contributed by atoms with Gasteiger partial charge in [-0.15, -0.1) is 0 Å². The standard InChI is InChI=1S/C33H29N3O4S/c1-33(19-5-4-11-30(33)41(34,38)39)32(37)28-9-6-8-25-18-20-36(31(25)28)21-23-12-16-27(17-13-23)40-22-26-15-14-24-7-2-3-10-29(24)35-26/h2-20,30H,21-22H2,1H3,(H2,34,38,39). The van der Waals surface area contributed by atoms with Gasteiger partial charge in [-0.05, 0) is 48.9 Å². The van der Waals surface area contributed by atoms with Crippen molar-refractivity contribution in [2.75, 3.05) is 0 Å². The van der Waals surface area contributed by atoms with Gasteiger partial charge in [0.05, 0.1) is 22.1 Å². The Morgan fingerprint density at radius 1 is 0.951 bits per heavy atom. The second-order valence-electron chi connectivity index (χ2n) is 10.5. The fourth-order valence-corrected chi connectivity index (χ4v) is 6.65. The highest BCUT2D eigenvalue weighted by molar-refractivity contribution is 7.90. The molecule has 6 rings (SSSR count). The lowest BCUT2D eigenvalue weighted by Gasteiger charge is -2.32. The number of allylic oxidation sites excluding steroid dienone is 3. The number of carbonyl (C=O) groups excluding carboxylic acids is 1. The van der Waals surface area contributed by atoms with Crippen LogP contribution < -0.4 is 9.88 Å². The van der Waals surface area contributed by atoms with Gasteiger partial charge in [-0.25, -0.2) is 18.5 Å². The van der Waals surface area contributed by atoms with Crippen molar-refractivity contribution in [3.8, 4) is 5.75 Å². The molecule has 0 bridgehead atoms. The lowest BCUT2D eigenvalue weighted by molar-refractivity contribution is 0.0874. The molecule has 1 aliphatic carbocycles. The summed E-state index contributed by atoms with van der Waals surface area (Å²) in [4.78, 5) is 18.6. The molecular formula is C33H29N3O4S. The van der Waals surface area contributed by atoms with Crippen LogP contribution in [0.15, 0.2) is 115 Å². The molecule has 2 N–H and O–H groups in total. The Kier molecular flexibility index (Phi) is 6.81. The number of nitrogens with zero attached hydrogens (tertiary/aromatic N) is 2. The second kappa shape index (κ2) is 10.5. The van der Waals surface area contributed by atoms with E-state index < -0.39 is 20.7 Å². The Hall–Kier alpha value is -4.53. The summed E-state index contributed by atoms with van der Waals surface area (Å²) in [7, 11) is -4.00. The molecule has 1 aliphatic rings. The quantitative estimate of drug-likeness (QED) is 0.241. The van der Waals surface area contributed by atoms with E-state index in [1.165, 1.54) is 6.08 Å². The zero-order valence-corrected chi connectivity index (χ0v) is 23.3. The van der Waals surface area contributed by atoms with Crippen LogP contribution in [-0.4, -0.2) is 29.0 Å². The van der Waals surface area contributed by atoms with Crippen molar-refractivity contribution in [1.29, 1.82) is 0 Å². The lowest BCUT2D eigenvalue weighted by Crippen LogP contribution is -2.46. The lowest BCUT2D eigenvalue weighted by atomic mass is 9.76. The maximum absolute atomic E-state index is 14.0. The van der Waals surface area contributed by atoms with E-state index in [-0.39, 0.29) is 5.78 Å². The number of fused-ring (bicyclic) bond motifs is 2. The molecule has 206 valence electrons. The Labute approximate surface area is 238 Å². The molecule has 0 amide bonds. The highest BCUT2D eigenvalue weighted by atomic mass is 32.2. The minimum absolute atomic E-state index is 0.297. The molecule has 8 heteroatoms. The van der Waals surface area contributed by atoms with E-state index in [1.54, 1.807) is 31.2 Å². The number of hydrogen-bond donors (Lipinski definition) is 1. The van der Waals surface area contributed by atoms with Crippen LogP contribution in [0.1, 0.15) is 28.5 Å². The SMILES string of the molecule is CC1(C(=O)c2cccc3ccn(Cc4ccc(OCc5ccc6ccccc6n5)cc4)c23)C=CC=CC1S(N)(=O)=O. The van der Waals surface area contributed by atoms with Crippen molar-refractivity contribution >= 4 is 37.6 Å². The summed E-state index contributed by atoms with van der Waals surface area (Å²) < 4.78 is 32.8. The number of carbonyl (C=O) groups is 1. The van der Waals surface area contributed by atoms with Gasteiger partial charge in [0.1, 0.15) is 17.6 Å². The Bertz CT molecular complexity index is 1940. The molecule has 0 spiro atoms. The predicted octanol–water partition coefficient (Wildman–Crippen LogP) is 5.79. The number of rotatable bonds is 8. The third-order valence-electron chi connectivity index (χ3n) is 7.63. The zero-order valence-electron chi connectivity index (χ0n) is 22.5. The van der Waals surface area contributed by atoms with Gasteiger partial charge in [0.25, 0.3) is 0 Å². The van der Waals surface area contributed by atoms with E-state index in [4.69, 9.17) is 9.88 Å². The Morgan fingerprint density at radius 2 is 1.73 bits per heavy atom. The number of ether oxygens (including phenoxy) is 1. The van der Waals surface area contributed by atoms with Crippen molar-refractivity contribution in [2.45, 2.75) is 25.3 Å². The van der Waals surface area contributed by atoms with Crippen LogP contribution in [0.2, 0.25) is 0 Å². The van der Waals surface area contributed by atoms with Crippen LogP contribution in [0.3, 0.4) is 0 Å². The van der Waals surface area contributed by atoms with Crippen LogP contribution in [0.25, 0.3) is 21.8 Å². The Balaban J connectivity index is 1.23. The first-order valence-corrected chi connectivity index (χ1v) is 14.9. The molecule has 0 radical (unpaired) electrons. The molecular weight excluding hydrogens is 534 g/mol. The zero-order chi connectivity index (χ0) is 28.6. The van der Waals surface area contributed by atoms with E-state index >= 15 is 0 Å². The highest BCUT2D eigenvalue weighted by Crippen LogP contribution is 2.37. The molecule has 0 saturated carbocycles.